The average molecular weight is 854 g/mol. The van der Waals surface area contributed by atoms with Gasteiger partial charge in [0.15, 0.2) is 0 Å². The van der Waals surface area contributed by atoms with E-state index in [-0.39, 0.29) is 12.5 Å². The van der Waals surface area contributed by atoms with E-state index in [1.165, 1.54) is 218 Å². The minimum absolute atomic E-state index is 0.0742. The van der Waals surface area contributed by atoms with Crippen molar-refractivity contribution in [2.24, 2.45) is 0 Å². The number of hydrogen-bond acceptors (Lipinski definition) is 3. The zero-order valence-corrected chi connectivity index (χ0v) is 41.2. The average Bonchev–Trinajstić information content (AvgIpc) is 3.26. The highest BCUT2D eigenvalue weighted by Crippen LogP contribution is 2.17. The van der Waals surface area contributed by atoms with E-state index in [0.717, 1.165) is 51.4 Å². The van der Waals surface area contributed by atoms with Gasteiger partial charge in [0, 0.05) is 6.42 Å². The van der Waals surface area contributed by atoms with Gasteiger partial charge in [-0.25, -0.2) is 0 Å². The molecule has 0 aromatic carbocycles. The second-order valence-electron chi connectivity index (χ2n) is 18.7. The van der Waals surface area contributed by atoms with Gasteiger partial charge in [0.1, 0.15) is 0 Å². The lowest BCUT2D eigenvalue weighted by Crippen LogP contribution is -2.45. The van der Waals surface area contributed by atoms with Gasteiger partial charge >= 0.3 is 0 Å². The summed E-state index contributed by atoms with van der Waals surface area (Å²) in [6.07, 6.45) is 72.6. The number of carbonyl (C=O) groups excluding carboxylic acids is 1. The topological polar surface area (TPSA) is 69.6 Å². The van der Waals surface area contributed by atoms with Crippen molar-refractivity contribution in [2.75, 3.05) is 6.61 Å². The zero-order chi connectivity index (χ0) is 44.2. The molecule has 0 saturated heterocycles. The van der Waals surface area contributed by atoms with Gasteiger partial charge in [-0.15, -0.1) is 0 Å². The normalized spacial score (nSPS) is 13.2. The molecule has 4 nitrogen and oxygen atoms in total. The van der Waals surface area contributed by atoms with Crippen LogP contribution in [0, 0.1) is 0 Å². The minimum Gasteiger partial charge on any atom is -0.394 e. The summed E-state index contributed by atoms with van der Waals surface area (Å²) in [6.45, 7) is 4.31. The van der Waals surface area contributed by atoms with Gasteiger partial charge in [-0.2, -0.15) is 0 Å². The fraction of sp³-hybridized carbons (Fsp3) is 0.842. The Morgan fingerprint density at radius 2 is 0.672 bits per heavy atom. The van der Waals surface area contributed by atoms with Gasteiger partial charge in [-0.1, -0.05) is 274 Å². The first kappa shape index (κ1) is 59.4. The van der Waals surface area contributed by atoms with Crippen LogP contribution in [-0.2, 0) is 4.79 Å². The molecule has 0 rings (SSSR count). The minimum atomic E-state index is -0.847. The largest absolute Gasteiger partial charge is 0.394 e. The SMILES string of the molecule is CCCCCCC/C=C\C/C=C\C/C=C\CCCCCCCCC(=O)NC(CO)C(O)/C=C/CCCCCCCCCCCCCCCCCCCCCCCCCCCC. The predicted octanol–water partition coefficient (Wildman–Crippen LogP) is 17.9. The Labute approximate surface area is 382 Å². The number of carbonyl (C=O) groups is 1. The molecular weight excluding hydrogens is 747 g/mol. The van der Waals surface area contributed by atoms with Crippen LogP contribution in [0.5, 0.6) is 0 Å². The molecule has 0 spiro atoms. The maximum Gasteiger partial charge on any atom is 0.220 e. The van der Waals surface area contributed by atoms with Gasteiger partial charge in [-0.3, -0.25) is 4.79 Å². The number of aliphatic hydroxyl groups excluding tert-OH is 2. The molecule has 0 aliphatic rings. The number of rotatable bonds is 50. The summed E-state index contributed by atoms with van der Waals surface area (Å²) in [5.74, 6) is -0.0742. The second-order valence-corrected chi connectivity index (χ2v) is 18.7. The molecule has 2 atom stereocenters. The second kappa shape index (κ2) is 52.7. The number of amides is 1. The van der Waals surface area contributed by atoms with Gasteiger partial charge in [0.2, 0.25) is 5.91 Å². The van der Waals surface area contributed by atoms with E-state index in [2.05, 4.69) is 55.6 Å². The van der Waals surface area contributed by atoms with Crippen LogP contribution in [0.25, 0.3) is 0 Å². The molecule has 1 amide bonds. The van der Waals surface area contributed by atoms with E-state index in [9.17, 15) is 15.0 Å². The summed E-state index contributed by atoms with van der Waals surface area (Å²) in [5.41, 5.74) is 0. The van der Waals surface area contributed by atoms with Gasteiger partial charge < -0.3 is 15.5 Å². The van der Waals surface area contributed by atoms with Gasteiger partial charge in [-0.05, 0) is 57.8 Å². The molecule has 0 radical (unpaired) electrons. The number of unbranched alkanes of at least 4 members (excludes halogenated alkanes) is 37. The van der Waals surface area contributed by atoms with Crippen molar-refractivity contribution >= 4 is 5.91 Å². The Morgan fingerprint density at radius 1 is 0.393 bits per heavy atom. The summed E-state index contributed by atoms with van der Waals surface area (Å²) in [4.78, 5) is 12.4. The Morgan fingerprint density at radius 3 is 1.00 bits per heavy atom. The van der Waals surface area contributed by atoms with Crippen molar-refractivity contribution in [3.05, 3.63) is 48.6 Å². The van der Waals surface area contributed by atoms with E-state index in [1.54, 1.807) is 6.08 Å². The van der Waals surface area contributed by atoms with Crippen LogP contribution in [0.2, 0.25) is 0 Å². The third-order valence-electron chi connectivity index (χ3n) is 12.6. The summed E-state index contributed by atoms with van der Waals surface area (Å²) < 4.78 is 0. The fourth-order valence-electron chi connectivity index (χ4n) is 8.36. The van der Waals surface area contributed by atoms with Crippen LogP contribution in [-0.4, -0.2) is 34.9 Å². The molecule has 358 valence electrons. The molecular formula is C57H107NO3. The first-order chi connectivity index (χ1) is 30.2. The third-order valence-corrected chi connectivity index (χ3v) is 12.6. The Kier molecular flexibility index (Phi) is 51.3. The first-order valence-electron chi connectivity index (χ1n) is 27.4. The molecule has 0 heterocycles. The summed E-state index contributed by atoms with van der Waals surface area (Å²) >= 11 is 0. The molecule has 0 fully saturated rings. The standard InChI is InChI=1S/C57H107NO3/c1-3-5-7-9-11-13-15-17-19-21-23-25-26-27-28-29-30-31-33-34-36-38-40-42-44-46-48-50-52-56(60)55(54-59)58-57(61)53-51-49-47-45-43-41-39-37-35-32-24-22-20-18-16-14-12-10-8-6-4-2/h16,18,22,24,35,37,50,52,55-56,59-60H,3-15,17,19-21,23,25-34,36,38-49,51,53-54H2,1-2H3,(H,58,61)/b18-16-,24-22-,37-35-,52-50+. The number of hydrogen-bond donors (Lipinski definition) is 3. The highest BCUT2D eigenvalue weighted by atomic mass is 16.3. The fourth-order valence-corrected chi connectivity index (χ4v) is 8.36. The number of aliphatic hydroxyl groups is 2. The molecule has 0 aliphatic carbocycles. The lowest BCUT2D eigenvalue weighted by molar-refractivity contribution is -0.123. The Bertz CT molecular complexity index is 970. The molecule has 0 aromatic rings. The van der Waals surface area contributed by atoms with Crippen molar-refractivity contribution in [2.45, 2.75) is 302 Å². The first-order valence-corrected chi connectivity index (χ1v) is 27.4. The quantitative estimate of drug-likeness (QED) is 0.0422. The van der Waals surface area contributed by atoms with Crippen LogP contribution in [0.4, 0.5) is 0 Å². The molecule has 0 saturated carbocycles. The Hall–Kier alpha value is -1.65. The van der Waals surface area contributed by atoms with Crippen LogP contribution >= 0.6 is 0 Å². The molecule has 0 bridgehead atoms. The molecule has 2 unspecified atom stereocenters. The highest BCUT2D eigenvalue weighted by molar-refractivity contribution is 5.76. The van der Waals surface area contributed by atoms with Crippen LogP contribution < -0.4 is 5.32 Å². The van der Waals surface area contributed by atoms with E-state index in [4.69, 9.17) is 0 Å². The van der Waals surface area contributed by atoms with E-state index < -0.39 is 12.1 Å². The van der Waals surface area contributed by atoms with Crippen molar-refractivity contribution in [1.82, 2.24) is 5.32 Å². The number of nitrogens with one attached hydrogen (secondary N) is 1. The van der Waals surface area contributed by atoms with Crippen molar-refractivity contribution < 1.29 is 15.0 Å². The van der Waals surface area contributed by atoms with Crippen molar-refractivity contribution in [3.8, 4) is 0 Å². The summed E-state index contributed by atoms with van der Waals surface area (Å²) in [7, 11) is 0. The molecule has 3 N–H and O–H groups in total. The zero-order valence-electron chi connectivity index (χ0n) is 41.2. The van der Waals surface area contributed by atoms with Crippen molar-refractivity contribution in [3.63, 3.8) is 0 Å². The van der Waals surface area contributed by atoms with Gasteiger partial charge in [0.25, 0.3) is 0 Å². The molecule has 4 heteroatoms. The summed E-state index contributed by atoms with van der Waals surface area (Å²) in [6, 6.07) is -0.632. The smallest absolute Gasteiger partial charge is 0.220 e. The lowest BCUT2D eigenvalue weighted by Gasteiger charge is -2.20. The number of allylic oxidation sites excluding steroid dienone is 7. The third kappa shape index (κ3) is 49.2. The van der Waals surface area contributed by atoms with E-state index in [0.29, 0.717) is 6.42 Å². The highest BCUT2D eigenvalue weighted by Gasteiger charge is 2.18. The lowest BCUT2D eigenvalue weighted by atomic mass is 10.0. The van der Waals surface area contributed by atoms with Crippen LogP contribution in [0.15, 0.2) is 48.6 Å². The molecule has 61 heavy (non-hydrogen) atoms. The molecule has 0 aliphatic heterocycles. The summed E-state index contributed by atoms with van der Waals surface area (Å²) in [5, 5.41) is 23.2. The van der Waals surface area contributed by atoms with E-state index >= 15 is 0 Å². The maximum atomic E-state index is 12.4. The molecule has 0 aromatic heterocycles. The van der Waals surface area contributed by atoms with Gasteiger partial charge in [0.05, 0.1) is 18.8 Å². The van der Waals surface area contributed by atoms with Crippen LogP contribution in [0.1, 0.15) is 290 Å². The predicted molar refractivity (Wildman–Crippen MR) is 271 cm³/mol. The maximum absolute atomic E-state index is 12.4. The van der Waals surface area contributed by atoms with Crippen LogP contribution in [0.3, 0.4) is 0 Å². The van der Waals surface area contributed by atoms with E-state index in [1.807, 2.05) is 6.08 Å². The Balaban J connectivity index is 3.52. The van der Waals surface area contributed by atoms with Crippen molar-refractivity contribution in [1.29, 1.82) is 0 Å². The monoisotopic (exact) mass is 854 g/mol.